The molecule has 0 unspecified atom stereocenters. The van der Waals surface area contributed by atoms with Crippen molar-refractivity contribution in [2.24, 2.45) is 0 Å². The van der Waals surface area contributed by atoms with Crippen LogP contribution in [0.4, 0.5) is 4.39 Å². The highest BCUT2D eigenvalue weighted by atomic mass is 32.2. The molecule has 1 aromatic heterocycles. The van der Waals surface area contributed by atoms with Gasteiger partial charge in [-0.25, -0.2) is 17.1 Å². The maximum atomic E-state index is 13.4. The van der Waals surface area contributed by atoms with Crippen LogP contribution in [-0.2, 0) is 10.0 Å². The molecule has 3 aromatic rings. The van der Waals surface area contributed by atoms with Gasteiger partial charge in [0, 0.05) is 23.9 Å². The lowest BCUT2D eigenvalue weighted by Gasteiger charge is -2.31. The third-order valence-corrected chi connectivity index (χ3v) is 8.27. The molecular weight excluding hydrogens is 433 g/mol. The molecule has 2 aromatic carbocycles. The third-order valence-electron chi connectivity index (χ3n) is 6.43. The first-order valence-corrected chi connectivity index (χ1v) is 12.3. The average Bonchev–Trinajstić information content (AvgIpc) is 3.29. The number of rotatable bonds is 6. The minimum atomic E-state index is -3.72. The Morgan fingerprint density at radius 3 is 2.59 bits per heavy atom. The summed E-state index contributed by atoms with van der Waals surface area (Å²) < 4.78 is 44.9. The highest BCUT2D eigenvalue weighted by molar-refractivity contribution is 7.90. The number of benzene rings is 2. The van der Waals surface area contributed by atoms with Gasteiger partial charge in [0.15, 0.2) is 5.58 Å². The fraction of sp³-hybridized carbons (Fsp3) is 0.391. The van der Waals surface area contributed by atoms with Crippen LogP contribution in [0.2, 0.25) is 0 Å². The number of carbonyl (C=O) groups is 1. The number of carbonyl (C=O) groups excluding carboxylic acids is 1. The van der Waals surface area contributed by atoms with E-state index in [1.165, 1.54) is 18.2 Å². The molecule has 0 aliphatic carbocycles. The van der Waals surface area contributed by atoms with Crippen LogP contribution in [0.1, 0.15) is 47.7 Å². The SMILES string of the molecule is O=C1c2ccccc2S(=O)(=O)N1CCCCN1CCC(c2noc3cc(F)ccc23)CC1. The van der Waals surface area contributed by atoms with E-state index in [1.54, 1.807) is 24.3 Å². The third kappa shape index (κ3) is 3.69. The Labute approximate surface area is 185 Å². The topological polar surface area (TPSA) is 83.7 Å². The zero-order chi connectivity index (χ0) is 22.3. The Morgan fingerprint density at radius 2 is 1.81 bits per heavy atom. The summed E-state index contributed by atoms with van der Waals surface area (Å²) in [5.74, 6) is -0.479. The van der Waals surface area contributed by atoms with Gasteiger partial charge in [-0.05, 0) is 69.6 Å². The van der Waals surface area contributed by atoms with Gasteiger partial charge < -0.3 is 9.42 Å². The Kier molecular flexibility index (Phi) is 5.46. The summed E-state index contributed by atoms with van der Waals surface area (Å²) in [5.41, 5.74) is 1.64. The van der Waals surface area contributed by atoms with Crippen molar-refractivity contribution in [1.82, 2.24) is 14.4 Å². The van der Waals surface area contributed by atoms with E-state index in [9.17, 15) is 17.6 Å². The molecule has 2 aliphatic rings. The van der Waals surface area contributed by atoms with Crippen LogP contribution in [0.15, 0.2) is 51.9 Å². The van der Waals surface area contributed by atoms with Crippen molar-refractivity contribution in [3.8, 4) is 0 Å². The van der Waals surface area contributed by atoms with Gasteiger partial charge in [-0.2, -0.15) is 0 Å². The van der Waals surface area contributed by atoms with Crippen molar-refractivity contribution in [1.29, 1.82) is 0 Å². The predicted molar refractivity (Wildman–Crippen MR) is 116 cm³/mol. The standard InChI is InChI=1S/C23H24FN3O4S/c24-17-7-8-18-20(15-17)31-25-22(18)16-9-13-26(14-10-16)11-3-4-12-27-23(28)19-5-1-2-6-21(19)32(27,29)30/h1-2,5-8,15-16H,3-4,9-14H2. The molecule has 9 heteroatoms. The smallest absolute Gasteiger partial charge is 0.269 e. The van der Waals surface area contributed by atoms with Crippen molar-refractivity contribution in [3.63, 3.8) is 0 Å². The van der Waals surface area contributed by atoms with Gasteiger partial charge in [-0.1, -0.05) is 17.3 Å². The number of nitrogens with zero attached hydrogens (tertiary/aromatic N) is 3. The molecule has 0 bridgehead atoms. The minimum Gasteiger partial charge on any atom is -0.356 e. The molecule has 7 nitrogen and oxygen atoms in total. The fourth-order valence-electron chi connectivity index (χ4n) is 4.70. The summed E-state index contributed by atoms with van der Waals surface area (Å²) in [5, 5.41) is 5.07. The molecular formula is C23H24FN3O4S. The summed E-state index contributed by atoms with van der Waals surface area (Å²) in [7, 11) is -3.72. The van der Waals surface area contributed by atoms with Crippen molar-refractivity contribution in [3.05, 3.63) is 59.5 Å². The number of hydrogen-bond acceptors (Lipinski definition) is 6. The first-order valence-electron chi connectivity index (χ1n) is 10.9. The summed E-state index contributed by atoms with van der Waals surface area (Å²) in [4.78, 5) is 14.9. The van der Waals surface area contributed by atoms with E-state index < -0.39 is 15.9 Å². The molecule has 0 atom stereocenters. The quantitative estimate of drug-likeness (QED) is 0.524. The number of halogens is 1. The largest absolute Gasteiger partial charge is 0.356 e. The van der Waals surface area contributed by atoms with Crippen LogP contribution in [-0.4, -0.2) is 54.9 Å². The molecule has 0 spiro atoms. The first-order chi connectivity index (χ1) is 15.4. The lowest BCUT2D eigenvalue weighted by Crippen LogP contribution is -2.35. The summed E-state index contributed by atoms with van der Waals surface area (Å²) >= 11 is 0. The van der Waals surface area contributed by atoms with E-state index in [-0.39, 0.29) is 28.7 Å². The van der Waals surface area contributed by atoms with E-state index >= 15 is 0 Å². The van der Waals surface area contributed by atoms with E-state index in [0.717, 1.165) is 54.3 Å². The Hall–Kier alpha value is -2.78. The molecule has 32 heavy (non-hydrogen) atoms. The van der Waals surface area contributed by atoms with Gasteiger partial charge in [0.05, 0.1) is 11.3 Å². The lowest BCUT2D eigenvalue weighted by atomic mass is 9.91. The van der Waals surface area contributed by atoms with Gasteiger partial charge in [0.2, 0.25) is 0 Å². The van der Waals surface area contributed by atoms with Crippen LogP contribution in [0, 0.1) is 5.82 Å². The molecule has 1 fully saturated rings. The van der Waals surface area contributed by atoms with Crippen LogP contribution >= 0.6 is 0 Å². The minimum absolute atomic E-state index is 0.107. The maximum absolute atomic E-state index is 13.4. The molecule has 0 radical (unpaired) electrons. The normalized spacial score (nSPS) is 19.0. The second-order valence-corrected chi connectivity index (χ2v) is 10.2. The van der Waals surface area contributed by atoms with Crippen molar-refractivity contribution in [2.75, 3.05) is 26.2 Å². The van der Waals surface area contributed by atoms with E-state index in [4.69, 9.17) is 4.52 Å². The highest BCUT2D eigenvalue weighted by Crippen LogP contribution is 2.33. The number of aromatic nitrogens is 1. The molecule has 168 valence electrons. The number of amides is 1. The summed E-state index contributed by atoms with van der Waals surface area (Å²) in [6.07, 6.45) is 3.31. The highest BCUT2D eigenvalue weighted by Gasteiger charge is 2.40. The zero-order valence-corrected chi connectivity index (χ0v) is 18.4. The fourth-order valence-corrected chi connectivity index (χ4v) is 6.31. The maximum Gasteiger partial charge on any atom is 0.269 e. The van der Waals surface area contributed by atoms with Crippen molar-refractivity contribution < 1.29 is 22.1 Å². The van der Waals surface area contributed by atoms with Crippen LogP contribution < -0.4 is 0 Å². The second kappa shape index (κ2) is 8.29. The van der Waals surface area contributed by atoms with Gasteiger partial charge >= 0.3 is 0 Å². The van der Waals surface area contributed by atoms with Crippen LogP contribution in [0.3, 0.4) is 0 Å². The van der Waals surface area contributed by atoms with E-state index in [2.05, 4.69) is 10.1 Å². The van der Waals surface area contributed by atoms with Gasteiger partial charge in [0.25, 0.3) is 15.9 Å². The molecule has 2 aliphatic heterocycles. The summed E-state index contributed by atoms with van der Waals surface area (Å²) in [6.45, 7) is 2.87. The first kappa shape index (κ1) is 21.1. The summed E-state index contributed by atoms with van der Waals surface area (Å²) in [6, 6.07) is 10.9. The predicted octanol–water partition coefficient (Wildman–Crippen LogP) is 3.77. The molecule has 5 rings (SSSR count). The van der Waals surface area contributed by atoms with Crippen molar-refractivity contribution in [2.45, 2.75) is 36.5 Å². The molecule has 0 saturated carbocycles. The van der Waals surface area contributed by atoms with Gasteiger partial charge in [-0.3, -0.25) is 4.79 Å². The van der Waals surface area contributed by atoms with E-state index in [0.29, 0.717) is 12.0 Å². The van der Waals surface area contributed by atoms with Gasteiger partial charge in [-0.15, -0.1) is 0 Å². The monoisotopic (exact) mass is 457 g/mol. The average molecular weight is 458 g/mol. The molecule has 0 N–H and O–H groups in total. The second-order valence-electron chi connectivity index (χ2n) is 8.41. The number of likely N-dealkylation sites (tertiary alicyclic amines) is 1. The number of fused-ring (bicyclic) bond motifs is 2. The Morgan fingerprint density at radius 1 is 1.06 bits per heavy atom. The zero-order valence-electron chi connectivity index (χ0n) is 17.5. The number of sulfonamides is 1. The van der Waals surface area contributed by atoms with E-state index in [1.807, 2.05) is 0 Å². The molecule has 1 saturated heterocycles. The van der Waals surface area contributed by atoms with Crippen molar-refractivity contribution >= 4 is 26.9 Å². The molecule has 1 amide bonds. The lowest BCUT2D eigenvalue weighted by molar-refractivity contribution is 0.0868. The number of piperidine rings is 1. The molecule has 3 heterocycles. The number of unbranched alkanes of at least 4 members (excludes halogenated alkanes) is 1. The van der Waals surface area contributed by atoms with Gasteiger partial charge in [0.1, 0.15) is 10.7 Å². The Bertz CT molecular complexity index is 1270. The number of hydrogen-bond donors (Lipinski definition) is 0. The van der Waals surface area contributed by atoms with Crippen LogP contribution in [0.5, 0.6) is 0 Å². The Balaban J connectivity index is 1.11. The van der Waals surface area contributed by atoms with Crippen LogP contribution in [0.25, 0.3) is 11.0 Å².